The SMILES string of the molecule is C[C@@H]1CCC[C@H](C)N1CCS. The molecule has 1 aliphatic rings. The molecule has 1 nitrogen and oxygen atoms in total. The van der Waals surface area contributed by atoms with Crippen molar-refractivity contribution in [1.82, 2.24) is 4.90 Å². The highest BCUT2D eigenvalue weighted by atomic mass is 32.1. The zero-order valence-corrected chi connectivity index (χ0v) is 8.48. The fourth-order valence-corrected chi connectivity index (χ4v) is 2.26. The number of likely N-dealkylation sites (tertiary alicyclic amines) is 1. The van der Waals surface area contributed by atoms with Crippen LogP contribution in [0.5, 0.6) is 0 Å². The third-order valence-electron chi connectivity index (χ3n) is 2.73. The molecule has 0 radical (unpaired) electrons. The van der Waals surface area contributed by atoms with Crippen LogP contribution in [-0.2, 0) is 0 Å². The molecule has 0 aliphatic carbocycles. The van der Waals surface area contributed by atoms with Gasteiger partial charge in [0, 0.05) is 24.4 Å². The van der Waals surface area contributed by atoms with E-state index in [1.165, 1.54) is 19.3 Å². The predicted molar refractivity (Wildman–Crippen MR) is 53.3 cm³/mol. The minimum absolute atomic E-state index is 0.783. The summed E-state index contributed by atoms with van der Waals surface area (Å²) in [6.45, 7) is 5.82. The van der Waals surface area contributed by atoms with Gasteiger partial charge in [-0.25, -0.2) is 0 Å². The van der Waals surface area contributed by atoms with Crippen molar-refractivity contribution in [2.75, 3.05) is 12.3 Å². The largest absolute Gasteiger partial charge is 0.297 e. The Balaban J connectivity index is 2.41. The number of hydrogen-bond donors (Lipinski definition) is 1. The lowest BCUT2D eigenvalue weighted by Gasteiger charge is -2.38. The van der Waals surface area contributed by atoms with E-state index in [1.54, 1.807) is 0 Å². The van der Waals surface area contributed by atoms with Crippen molar-refractivity contribution < 1.29 is 0 Å². The quantitative estimate of drug-likeness (QED) is 0.626. The van der Waals surface area contributed by atoms with Crippen LogP contribution in [0.1, 0.15) is 33.1 Å². The van der Waals surface area contributed by atoms with E-state index < -0.39 is 0 Å². The molecular weight excluding hydrogens is 154 g/mol. The Morgan fingerprint density at radius 3 is 2.27 bits per heavy atom. The molecule has 0 aromatic carbocycles. The minimum Gasteiger partial charge on any atom is -0.297 e. The Labute approximate surface area is 75.6 Å². The van der Waals surface area contributed by atoms with Crippen molar-refractivity contribution in [3.63, 3.8) is 0 Å². The molecule has 0 aromatic heterocycles. The van der Waals surface area contributed by atoms with Gasteiger partial charge in [0.05, 0.1) is 0 Å². The molecule has 1 fully saturated rings. The summed E-state index contributed by atoms with van der Waals surface area (Å²) < 4.78 is 0. The number of hydrogen-bond acceptors (Lipinski definition) is 2. The van der Waals surface area contributed by atoms with Gasteiger partial charge < -0.3 is 0 Å². The fourth-order valence-electron chi connectivity index (χ4n) is 2.03. The monoisotopic (exact) mass is 173 g/mol. The number of thiol groups is 1. The summed E-state index contributed by atoms with van der Waals surface area (Å²) in [6, 6.07) is 1.57. The number of piperidine rings is 1. The predicted octanol–water partition coefficient (Wildman–Crippen LogP) is 2.18. The van der Waals surface area contributed by atoms with Gasteiger partial charge in [0.25, 0.3) is 0 Å². The smallest absolute Gasteiger partial charge is 0.00755 e. The molecule has 1 rings (SSSR count). The van der Waals surface area contributed by atoms with Crippen molar-refractivity contribution in [3.05, 3.63) is 0 Å². The standard InChI is InChI=1S/C9H19NS/c1-8-4-3-5-9(2)10(8)6-7-11/h8-9,11H,3-7H2,1-2H3/t8-,9+. The van der Waals surface area contributed by atoms with Gasteiger partial charge in [-0.2, -0.15) is 12.6 Å². The van der Waals surface area contributed by atoms with E-state index in [2.05, 4.69) is 31.4 Å². The van der Waals surface area contributed by atoms with E-state index >= 15 is 0 Å². The maximum absolute atomic E-state index is 4.27. The molecule has 0 amide bonds. The maximum atomic E-state index is 4.27. The molecule has 66 valence electrons. The van der Waals surface area contributed by atoms with Crippen molar-refractivity contribution in [1.29, 1.82) is 0 Å². The second-order valence-corrected chi connectivity index (χ2v) is 4.04. The van der Waals surface area contributed by atoms with Crippen molar-refractivity contribution in [2.45, 2.75) is 45.2 Å². The van der Waals surface area contributed by atoms with Gasteiger partial charge >= 0.3 is 0 Å². The molecule has 0 N–H and O–H groups in total. The van der Waals surface area contributed by atoms with Crippen LogP contribution in [0.2, 0.25) is 0 Å². The van der Waals surface area contributed by atoms with Crippen LogP contribution in [0.4, 0.5) is 0 Å². The molecule has 1 heterocycles. The van der Waals surface area contributed by atoms with Gasteiger partial charge in [-0.3, -0.25) is 4.90 Å². The summed E-state index contributed by atoms with van der Waals surface area (Å²) >= 11 is 4.27. The summed E-state index contributed by atoms with van der Waals surface area (Å²) in [5.74, 6) is 0.995. The van der Waals surface area contributed by atoms with Gasteiger partial charge in [0.2, 0.25) is 0 Å². The second-order valence-electron chi connectivity index (χ2n) is 3.59. The molecule has 1 saturated heterocycles. The Morgan fingerprint density at radius 1 is 1.27 bits per heavy atom. The van der Waals surface area contributed by atoms with E-state index in [4.69, 9.17) is 0 Å². The third kappa shape index (κ3) is 2.38. The Hall–Kier alpha value is 0.310. The summed E-state index contributed by atoms with van der Waals surface area (Å²) in [4.78, 5) is 2.58. The first-order chi connectivity index (χ1) is 5.25. The number of nitrogens with zero attached hydrogens (tertiary/aromatic N) is 1. The first-order valence-electron chi connectivity index (χ1n) is 4.62. The van der Waals surface area contributed by atoms with Crippen LogP contribution >= 0.6 is 12.6 Å². The summed E-state index contributed by atoms with van der Waals surface area (Å²) in [5, 5.41) is 0. The molecule has 0 saturated carbocycles. The Morgan fingerprint density at radius 2 is 1.82 bits per heavy atom. The van der Waals surface area contributed by atoms with E-state index in [0.29, 0.717) is 0 Å². The van der Waals surface area contributed by atoms with E-state index in [1.807, 2.05) is 0 Å². The lowest BCUT2D eigenvalue weighted by atomic mass is 9.98. The average molecular weight is 173 g/mol. The van der Waals surface area contributed by atoms with E-state index in [-0.39, 0.29) is 0 Å². The summed E-state index contributed by atoms with van der Waals surface area (Å²) in [7, 11) is 0. The zero-order chi connectivity index (χ0) is 8.27. The molecular formula is C9H19NS. The van der Waals surface area contributed by atoms with Gasteiger partial charge in [0.1, 0.15) is 0 Å². The van der Waals surface area contributed by atoms with Gasteiger partial charge in [-0.05, 0) is 26.7 Å². The van der Waals surface area contributed by atoms with Gasteiger partial charge in [-0.15, -0.1) is 0 Å². The molecule has 0 aromatic rings. The summed E-state index contributed by atoms with van der Waals surface area (Å²) in [6.07, 6.45) is 4.15. The molecule has 2 heteroatoms. The van der Waals surface area contributed by atoms with Gasteiger partial charge in [-0.1, -0.05) is 6.42 Å². The first-order valence-corrected chi connectivity index (χ1v) is 5.25. The average Bonchev–Trinajstić information content (AvgIpc) is 1.97. The van der Waals surface area contributed by atoms with Crippen LogP contribution in [0.25, 0.3) is 0 Å². The lowest BCUT2D eigenvalue weighted by Crippen LogP contribution is -2.44. The lowest BCUT2D eigenvalue weighted by molar-refractivity contribution is 0.112. The highest BCUT2D eigenvalue weighted by Crippen LogP contribution is 2.21. The van der Waals surface area contributed by atoms with Crippen molar-refractivity contribution >= 4 is 12.6 Å². The normalized spacial score (nSPS) is 34.1. The highest BCUT2D eigenvalue weighted by Gasteiger charge is 2.23. The van der Waals surface area contributed by atoms with Crippen LogP contribution in [-0.4, -0.2) is 29.3 Å². The first kappa shape index (κ1) is 9.40. The van der Waals surface area contributed by atoms with Crippen LogP contribution < -0.4 is 0 Å². The van der Waals surface area contributed by atoms with Crippen molar-refractivity contribution in [3.8, 4) is 0 Å². The topological polar surface area (TPSA) is 3.24 Å². The summed E-state index contributed by atoms with van der Waals surface area (Å²) in [5.41, 5.74) is 0. The van der Waals surface area contributed by atoms with Crippen LogP contribution in [0.15, 0.2) is 0 Å². The van der Waals surface area contributed by atoms with Crippen LogP contribution in [0.3, 0.4) is 0 Å². The van der Waals surface area contributed by atoms with E-state index in [9.17, 15) is 0 Å². The molecule has 0 bridgehead atoms. The molecule has 0 spiro atoms. The Bertz CT molecular complexity index is 106. The van der Waals surface area contributed by atoms with E-state index in [0.717, 1.165) is 24.4 Å². The Kier molecular flexibility index (Phi) is 3.73. The minimum atomic E-state index is 0.783. The fraction of sp³-hybridized carbons (Fsp3) is 1.00. The highest BCUT2D eigenvalue weighted by molar-refractivity contribution is 7.80. The third-order valence-corrected chi connectivity index (χ3v) is 2.93. The molecule has 11 heavy (non-hydrogen) atoms. The maximum Gasteiger partial charge on any atom is 0.00755 e. The molecule has 0 unspecified atom stereocenters. The van der Waals surface area contributed by atoms with Gasteiger partial charge in [0.15, 0.2) is 0 Å². The molecule has 2 atom stereocenters. The van der Waals surface area contributed by atoms with Crippen molar-refractivity contribution in [2.24, 2.45) is 0 Å². The van der Waals surface area contributed by atoms with Crippen LogP contribution in [0, 0.1) is 0 Å². The zero-order valence-electron chi connectivity index (χ0n) is 7.58. The second kappa shape index (κ2) is 4.36. The number of rotatable bonds is 2. The molecule has 1 aliphatic heterocycles.